The van der Waals surface area contributed by atoms with E-state index < -0.39 is 5.92 Å². The first-order valence-electron chi connectivity index (χ1n) is 9.07. The fourth-order valence-electron chi connectivity index (χ4n) is 2.53. The zero-order valence-electron chi connectivity index (χ0n) is 15.8. The largest absolute Gasteiger partial charge is 0.493 e. The maximum Gasteiger partial charge on any atom is 0.255 e. The Morgan fingerprint density at radius 3 is 2.65 bits per heavy atom. The van der Waals surface area contributed by atoms with E-state index in [2.05, 4.69) is 11.9 Å². The maximum atomic E-state index is 12.6. The molecule has 1 aliphatic rings. The van der Waals surface area contributed by atoms with Crippen LogP contribution in [0.25, 0.3) is 0 Å². The van der Waals surface area contributed by atoms with Gasteiger partial charge < -0.3 is 25.4 Å². The summed E-state index contributed by atoms with van der Waals surface area (Å²) in [5.74, 6) is -0.317. The van der Waals surface area contributed by atoms with Crippen LogP contribution in [0.2, 0.25) is 0 Å². The normalized spacial score (nSPS) is 16.8. The summed E-state index contributed by atoms with van der Waals surface area (Å²) >= 11 is 0. The lowest BCUT2D eigenvalue weighted by Crippen LogP contribution is -2.43. The minimum Gasteiger partial charge on any atom is -0.493 e. The third-order valence-electron chi connectivity index (χ3n) is 3.87. The minimum atomic E-state index is -0.417. The summed E-state index contributed by atoms with van der Waals surface area (Å²) in [6.07, 6.45) is 5.50. The molecule has 1 fully saturated rings. The summed E-state index contributed by atoms with van der Waals surface area (Å²) in [7, 11) is 0. The highest BCUT2D eigenvalue weighted by Gasteiger charge is 2.23. The van der Waals surface area contributed by atoms with Gasteiger partial charge in [0.05, 0.1) is 31.3 Å². The number of carbonyl (C=O) groups is 2. The molecular formula is C19H31N3O4. The Hall–Kier alpha value is -2.12. The summed E-state index contributed by atoms with van der Waals surface area (Å²) < 4.78 is 10.9. The van der Waals surface area contributed by atoms with Crippen LogP contribution in [0, 0.1) is 5.92 Å². The molecule has 0 saturated carbocycles. The second-order valence-electron chi connectivity index (χ2n) is 5.90. The number of carbonyl (C=O) groups excluding carboxylic acids is 2. The van der Waals surface area contributed by atoms with Gasteiger partial charge in [0, 0.05) is 19.6 Å². The number of nitrogens with zero attached hydrogens (tertiary/aromatic N) is 1. The van der Waals surface area contributed by atoms with Gasteiger partial charge in [-0.15, -0.1) is 0 Å². The molecule has 1 atom stereocenters. The number of morpholine rings is 1. The number of hydrogen-bond donors (Lipinski definition) is 2. The van der Waals surface area contributed by atoms with Gasteiger partial charge in [-0.3, -0.25) is 9.59 Å². The van der Waals surface area contributed by atoms with Crippen molar-refractivity contribution in [3.05, 3.63) is 36.1 Å². The van der Waals surface area contributed by atoms with E-state index in [1.807, 2.05) is 6.92 Å². The van der Waals surface area contributed by atoms with E-state index in [0.717, 1.165) is 0 Å². The molecule has 0 radical (unpaired) electrons. The van der Waals surface area contributed by atoms with Crippen LogP contribution in [0.5, 0.6) is 0 Å². The topological polar surface area (TPSA) is 93.9 Å². The van der Waals surface area contributed by atoms with Crippen molar-refractivity contribution in [3.8, 4) is 0 Å². The van der Waals surface area contributed by atoms with Crippen LogP contribution in [-0.4, -0.2) is 62.7 Å². The van der Waals surface area contributed by atoms with Gasteiger partial charge in [-0.1, -0.05) is 12.7 Å². The third kappa shape index (κ3) is 7.01. The van der Waals surface area contributed by atoms with E-state index in [4.69, 9.17) is 15.2 Å². The fourth-order valence-corrected chi connectivity index (χ4v) is 2.53. The number of nitrogens with one attached hydrogen (secondary N) is 1. The van der Waals surface area contributed by atoms with Crippen molar-refractivity contribution < 1.29 is 19.1 Å². The van der Waals surface area contributed by atoms with Crippen LogP contribution in [-0.2, 0) is 19.1 Å². The summed E-state index contributed by atoms with van der Waals surface area (Å²) in [6, 6.07) is 0. The zero-order chi connectivity index (χ0) is 19.4. The predicted molar refractivity (Wildman–Crippen MR) is 101 cm³/mol. The number of hydrogen-bond acceptors (Lipinski definition) is 5. The van der Waals surface area contributed by atoms with E-state index >= 15 is 0 Å². The quantitative estimate of drug-likeness (QED) is 0.260. The monoisotopic (exact) mass is 365 g/mol. The first-order chi connectivity index (χ1) is 12.5. The molecule has 7 nitrogen and oxygen atoms in total. The Balaban J connectivity index is 2.94. The van der Waals surface area contributed by atoms with Crippen molar-refractivity contribution in [2.75, 3.05) is 46.0 Å². The first-order valence-corrected chi connectivity index (χ1v) is 9.07. The fraction of sp³-hybridized carbons (Fsp3) is 0.579. The average Bonchev–Trinajstić information content (AvgIpc) is 2.66. The molecule has 0 spiro atoms. The van der Waals surface area contributed by atoms with Crippen LogP contribution in [0.4, 0.5) is 0 Å². The SMILES string of the molecule is C=C/C=C(C(=O)NCCCN)\C(=C/C(C)C(=O)N1CCOCC1)OCC. The van der Waals surface area contributed by atoms with E-state index in [1.165, 1.54) is 6.08 Å². The number of allylic oxidation sites excluding steroid dienone is 2. The van der Waals surface area contributed by atoms with Crippen LogP contribution in [0.1, 0.15) is 20.3 Å². The Morgan fingerprint density at radius 2 is 2.08 bits per heavy atom. The number of rotatable bonds is 10. The molecule has 146 valence electrons. The molecule has 3 N–H and O–H groups in total. The molecule has 1 aliphatic heterocycles. The number of ether oxygens (including phenoxy) is 2. The minimum absolute atomic E-state index is 0.00741. The highest BCUT2D eigenvalue weighted by molar-refractivity contribution is 5.97. The van der Waals surface area contributed by atoms with E-state index in [1.54, 1.807) is 24.0 Å². The van der Waals surface area contributed by atoms with Crippen LogP contribution in [0.15, 0.2) is 36.1 Å². The summed E-state index contributed by atoms with van der Waals surface area (Å²) in [6.45, 7) is 10.9. The molecular weight excluding hydrogens is 334 g/mol. The summed E-state index contributed by atoms with van der Waals surface area (Å²) in [5.41, 5.74) is 5.81. The third-order valence-corrected chi connectivity index (χ3v) is 3.87. The van der Waals surface area contributed by atoms with Gasteiger partial charge >= 0.3 is 0 Å². The molecule has 1 unspecified atom stereocenters. The maximum absolute atomic E-state index is 12.6. The van der Waals surface area contributed by atoms with Crippen LogP contribution >= 0.6 is 0 Å². The second-order valence-corrected chi connectivity index (χ2v) is 5.90. The molecule has 0 aliphatic carbocycles. The standard InChI is InChI=1S/C19H31N3O4/c1-4-7-16(18(23)21-9-6-8-20)17(26-5-2)14-15(3)19(24)22-10-12-25-13-11-22/h4,7,14-15H,1,5-6,8-13,20H2,2-3H3,(H,21,23)/b16-7+,17-14+. The number of nitrogens with two attached hydrogens (primary N) is 1. The van der Waals surface area contributed by atoms with Crippen LogP contribution < -0.4 is 11.1 Å². The zero-order valence-corrected chi connectivity index (χ0v) is 15.8. The molecule has 1 rings (SSSR count). The van der Waals surface area contributed by atoms with Gasteiger partial charge in [0.15, 0.2) is 0 Å². The van der Waals surface area contributed by atoms with Crippen molar-refractivity contribution in [1.29, 1.82) is 0 Å². The van der Waals surface area contributed by atoms with Crippen molar-refractivity contribution in [1.82, 2.24) is 10.2 Å². The molecule has 1 saturated heterocycles. The predicted octanol–water partition coefficient (Wildman–Crippen LogP) is 0.979. The van der Waals surface area contributed by atoms with E-state index in [-0.39, 0.29) is 11.8 Å². The van der Waals surface area contributed by atoms with Crippen molar-refractivity contribution in [2.24, 2.45) is 11.7 Å². The Morgan fingerprint density at radius 1 is 1.38 bits per heavy atom. The van der Waals surface area contributed by atoms with Crippen molar-refractivity contribution in [2.45, 2.75) is 20.3 Å². The average molecular weight is 365 g/mol. The molecule has 0 aromatic rings. The molecule has 2 amide bonds. The lowest BCUT2D eigenvalue weighted by Gasteiger charge is -2.28. The van der Waals surface area contributed by atoms with Crippen molar-refractivity contribution >= 4 is 11.8 Å². The smallest absolute Gasteiger partial charge is 0.255 e. The molecule has 26 heavy (non-hydrogen) atoms. The molecule has 0 aromatic carbocycles. The van der Waals surface area contributed by atoms with Gasteiger partial charge in [0.1, 0.15) is 5.76 Å². The highest BCUT2D eigenvalue weighted by atomic mass is 16.5. The summed E-state index contributed by atoms with van der Waals surface area (Å²) in [4.78, 5) is 26.9. The Kier molecular flexibility index (Phi) is 10.3. The first kappa shape index (κ1) is 21.9. The number of amides is 2. The lowest BCUT2D eigenvalue weighted by atomic mass is 10.0. The molecule has 0 bridgehead atoms. The van der Waals surface area contributed by atoms with Crippen LogP contribution in [0.3, 0.4) is 0 Å². The van der Waals surface area contributed by atoms with Gasteiger partial charge in [-0.2, -0.15) is 0 Å². The van der Waals surface area contributed by atoms with Gasteiger partial charge in [-0.25, -0.2) is 0 Å². The van der Waals surface area contributed by atoms with Crippen molar-refractivity contribution in [3.63, 3.8) is 0 Å². The molecule has 0 aromatic heterocycles. The second kappa shape index (κ2) is 12.3. The van der Waals surface area contributed by atoms with Gasteiger partial charge in [-0.05, 0) is 39.0 Å². The Labute approximate surface area is 155 Å². The highest BCUT2D eigenvalue weighted by Crippen LogP contribution is 2.18. The summed E-state index contributed by atoms with van der Waals surface area (Å²) in [5, 5.41) is 2.81. The molecule has 1 heterocycles. The molecule has 7 heteroatoms. The van der Waals surface area contributed by atoms with Gasteiger partial charge in [0.25, 0.3) is 5.91 Å². The lowest BCUT2D eigenvalue weighted by molar-refractivity contribution is -0.137. The van der Waals surface area contributed by atoms with Gasteiger partial charge in [0.2, 0.25) is 5.91 Å². The Bertz CT molecular complexity index is 537. The van der Waals surface area contributed by atoms with E-state index in [9.17, 15) is 9.59 Å². The van der Waals surface area contributed by atoms with E-state index in [0.29, 0.717) is 63.8 Å².